The average Bonchev–Trinajstić information content (AvgIpc) is 2.86. The minimum absolute atomic E-state index is 0.0932. The van der Waals surface area contributed by atoms with Gasteiger partial charge in [-0.15, -0.1) is 0 Å². The van der Waals surface area contributed by atoms with Crippen molar-refractivity contribution < 1.29 is 13.6 Å². The van der Waals surface area contributed by atoms with Crippen LogP contribution in [-0.4, -0.2) is 15.7 Å². The highest BCUT2D eigenvalue weighted by Gasteiger charge is 2.21. The molecule has 0 aliphatic heterocycles. The SMILES string of the molecule is Cc1ccc(F)cc1NC(=O)c1c(C)nn(-c2ccc(F)cc2)c1Cl. The van der Waals surface area contributed by atoms with Gasteiger partial charge in [0, 0.05) is 5.69 Å². The molecule has 0 fully saturated rings. The maximum atomic E-state index is 13.4. The van der Waals surface area contributed by atoms with Gasteiger partial charge in [0.05, 0.1) is 11.4 Å². The van der Waals surface area contributed by atoms with Crippen molar-refractivity contribution in [2.45, 2.75) is 13.8 Å². The van der Waals surface area contributed by atoms with Gasteiger partial charge in [0.25, 0.3) is 5.91 Å². The Morgan fingerprint density at radius 2 is 1.72 bits per heavy atom. The number of aryl methyl sites for hydroxylation is 2. The first-order valence-electron chi connectivity index (χ1n) is 7.45. The van der Waals surface area contributed by atoms with Crippen LogP contribution in [0.4, 0.5) is 14.5 Å². The Labute approximate surface area is 148 Å². The Kier molecular flexibility index (Phi) is 4.55. The van der Waals surface area contributed by atoms with Crippen LogP contribution in [0.2, 0.25) is 5.15 Å². The van der Waals surface area contributed by atoms with Gasteiger partial charge in [-0.25, -0.2) is 13.5 Å². The number of aromatic nitrogens is 2. The molecule has 7 heteroatoms. The molecule has 0 aliphatic carbocycles. The molecule has 0 atom stereocenters. The van der Waals surface area contributed by atoms with E-state index in [1.165, 1.54) is 41.1 Å². The van der Waals surface area contributed by atoms with E-state index in [0.29, 0.717) is 17.1 Å². The second kappa shape index (κ2) is 6.64. The van der Waals surface area contributed by atoms with Crippen LogP contribution in [0.3, 0.4) is 0 Å². The molecular weight excluding hydrogens is 348 g/mol. The fourth-order valence-electron chi connectivity index (χ4n) is 2.42. The number of rotatable bonds is 3. The summed E-state index contributed by atoms with van der Waals surface area (Å²) in [5.41, 5.74) is 2.18. The fraction of sp³-hybridized carbons (Fsp3) is 0.111. The largest absolute Gasteiger partial charge is 0.321 e. The van der Waals surface area contributed by atoms with E-state index < -0.39 is 11.7 Å². The summed E-state index contributed by atoms with van der Waals surface area (Å²) in [5, 5.41) is 6.98. The lowest BCUT2D eigenvalue weighted by Gasteiger charge is -2.08. The molecule has 1 N–H and O–H groups in total. The third-order valence-corrected chi connectivity index (χ3v) is 4.10. The molecule has 0 bridgehead atoms. The normalized spacial score (nSPS) is 10.8. The second-order valence-corrected chi connectivity index (χ2v) is 5.91. The number of halogens is 3. The number of carbonyl (C=O) groups excluding carboxylic acids is 1. The molecule has 4 nitrogen and oxygen atoms in total. The Morgan fingerprint density at radius 1 is 1.08 bits per heavy atom. The van der Waals surface area contributed by atoms with Crippen LogP contribution in [0.1, 0.15) is 21.6 Å². The van der Waals surface area contributed by atoms with Crippen LogP contribution in [0.15, 0.2) is 42.5 Å². The molecule has 1 aromatic heterocycles. The number of amides is 1. The number of benzene rings is 2. The molecule has 3 aromatic rings. The van der Waals surface area contributed by atoms with Gasteiger partial charge in [-0.2, -0.15) is 5.10 Å². The Balaban J connectivity index is 1.96. The third-order valence-electron chi connectivity index (χ3n) is 3.75. The van der Waals surface area contributed by atoms with Gasteiger partial charge in [-0.3, -0.25) is 4.79 Å². The van der Waals surface area contributed by atoms with Crippen molar-refractivity contribution in [3.05, 3.63) is 76.1 Å². The molecule has 3 rings (SSSR count). The zero-order chi connectivity index (χ0) is 18.1. The molecule has 0 radical (unpaired) electrons. The van der Waals surface area contributed by atoms with Crippen LogP contribution in [0.25, 0.3) is 5.69 Å². The first-order valence-corrected chi connectivity index (χ1v) is 7.83. The predicted octanol–water partition coefficient (Wildman–Crippen LogP) is 4.67. The Hall–Kier alpha value is -2.73. The van der Waals surface area contributed by atoms with Crippen molar-refractivity contribution in [1.82, 2.24) is 9.78 Å². The van der Waals surface area contributed by atoms with Crippen LogP contribution in [-0.2, 0) is 0 Å². The van der Waals surface area contributed by atoms with Crippen molar-refractivity contribution in [1.29, 1.82) is 0 Å². The van der Waals surface area contributed by atoms with Gasteiger partial charge in [-0.05, 0) is 55.8 Å². The van der Waals surface area contributed by atoms with Gasteiger partial charge >= 0.3 is 0 Å². The fourth-order valence-corrected chi connectivity index (χ4v) is 2.78. The highest BCUT2D eigenvalue weighted by molar-refractivity contribution is 6.34. The molecule has 0 spiro atoms. The maximum Gasteiger partial charge on any atom is 0.260 e. The summed E-state index contributed by atoms with van der Waals surface area (Å²) in [6, 6.07) is 9.69. The highest BCUT2D eigenvalue weighted by atomic mass is 35.5. The smallest absolute Gasteiger partial charge is 0.260 e. The number of nitrogens with one attached hydrogen (secondary N) is 1. The highest BCUT2D eigenvalue weighted by Crippen LogP contribution is 2.25. The molecule has 0 unspecified atom stereocenters. The first-order chi connectivity index (χ1) is 11.9. The van der Waals surface area contributed by atoms with E-state index in [1.54, 1.807) is 19.9 Å². The summed E-state index contributed by atoms with van der Waals surface area (Å²) < 4.78 is 27.8. The van der Waals surface area contributed by atoms with Gasteiger partial charge in [-0.1, -0.05) is 17.7 Å². The minimum Gasteiger partial charge on any atom is -0.321 e. The number of anilines is 1. The summed E-state index contributed by atoms with van der Waals surface area (Å²) in [4.78, 5) is 12.6. The van der Waals surface area contributed by atoms with Gasteiger partial charge in [0.2, 0.25) is 0 Å². The van der Waals surface area contributed by atoms with Crippen molar-refractivity contribution in [3.63, 3.8) is 0 Å². The maximum absolute atomic E-state index is 13.4. The van der Waals surface area contributed by atoms with E-state index in [9.17, 15) is 13.6 Å². The lowest BCUT2D eigenvalue weighted by atomic mass is 10.1. The monoisotopic (exact) mass is 361 g/mol. The van der Waals surface area contributed by atoms with Crippen molar-refractivity contribution in [2.75, 3.05) is 5.32 Å². The van der Waals surface area contributed by atoms with Crippen LogP contribution >= 0.6 is 11.6 Å². The van der Waals surface area contributed by atoms with Crippen molar-refractivity contribution in [3.8, 4) is 5.69 Å². The van der Waals surface area contributed by atoms with Crippen molar-refractivity contribution >= 4 is 23.2 Å². The van der Waals surface area contributed by atoms with Gasteiger partial charge in [0.15, 0.2) is 0 Å². The second-order valence-electron chi connectivity index (χ2n) is 5.55. The predicted molar refractivity (Wildman–Crippen MR) is 92.4 cm³/mol. The standard InChI is InChI=1S/C18H14ClF2N3O/c1-10-3-4-13(21)9-15(10)22-18(25)16-11(2)23-24(17(16)19)14-7-5-12(20)6-8-14/h3-9H,1-2H3,(H,22,25). The lowest BCUT2D eigenvalue weighted by Crippen LogP contribution is -2.14. The molecule has 0 saturated carbocycles. The molecule has 0 saturated heterocycles. The summed E-state index contributed by atoms with van der Waals surface area (Å²) in [5.74, 6) is -1.33. The zero-order valence-corrected chi connectivity index (χ0v) is 14.2. The minimum atomic E-state index is -0.496. The van der Waals surface area contributed by atoms with E-state index in [0.717, 1.165) is 5.56 Å². The zero-order valence-electron chi connectivity index (χ0n) is 13.5. The number of hydrogen-bond donors (Lipinski definition) is 1. The van der Waals surface area contributed by atoms with Gasteiger partial charge in [0.1, 0.15) is 22.4 Å². The molecule has 2 aromatic carbocycles. The third kappa shape index (κ3) is 3.39. The number of nitrogens with zero attached hydrogens (tertiary/aromatic N) is 2. The first kappa shape index (κ1) is 17.1. The molecule has 25 heavy (non-hydrogen) atoms. The van der Waals surface area contributed by atoms with E-state index in [2.05, 4.69) is 10.4 Å². The van der Waals surface area contributed by atoms with E-state index >= 15 is 0 Å². The lowest BCUT2D eigenvalue weighted by molar-refractivity contribution is 0.102. The molecule has 1 amide bonds. The number of carbonyl (C=O) groups is 1. The van der Waals surface area contributed by atoms with Crippen molar-refractivity contribution in [2.24, 2.45) is 0 Å². The van der Waals surface area contributed by atoms with Crippen LogP contribution in [0, 0.1) is 25.5 Å². The summed E-state index contributed by atoms with van der Waals surface area (Å²) in [6.45, 7) is 3.39. The quantitative estimate of drug-likeness (QED) is 0.736. The topological polar surface area (TPSA) is 46.9 Å². The summed E-state index contributed by atoms with van der Waals surface area (Å²) >= 11 is 6.31. The summed E-state index contributed by atoms with van der Waals surface area (Å²) in [7, 11) is 0. The molecular formula is C18H14ClF2N3O. The van der Waals surface area contributed by atoms with Crippen LogP contribution < -0.4 is 5.32 Å². The van der Waals surface area contributed by atoms with E-state index in [-0.39, 0.29) is 16.5 Å². The molecule has 1 heterocycles. The molecule has 0 aliphatic rings. The average molecular weight is 362 g/mol. The van der Waals surface area contributed by atoms with E-state index in [4.69, 9.17) is 11.6 Å². The summed E-state index contributed by atoms with van der Waals surface area (Å²) in [6.07, 6.45) is 0. The van der Waals surface area contributed by atoms with Crippen LogP contribution in [0.5, 0.6) is 0 Å². The van der Waals surface area contributed by atoms with Gasteiger partial charge < -0.3 is 5.32 Å². The van der Waals surface area contributed by atoms with E-state index in [1.807, 2.05) is 0 Å². The Bertz CT molecular complexity index is 952. The molecule has 128 valence electrons. The Morgan fingerprint density at radius 3 is 2.40 bits per heavy atom. The number of hydrogen-bond acceptors (Lipinski definition) is 2.